The van der Waals surface area contributed by atoms with E-state index >= 15 is 0 Å². The lowest BCUT2D eigenvalue weighted by atomic mass is 9.86. The summed E-state index contributed by atoms with van der Waals surface area (Å²) < 4.78 is 0.647. The Hall–Kier alpha value is -1.36. The number of hydrogen-bond acceptors (Lipinski definition) is 2. The molecule has 0 radical (unpaired) electrons. The van der Waals surface area contributed by atoms with Crippen LogP contribution in [-0.2, 0) is 4.79 Å². The third-order valence-electron chi connectivity index (χ3n) is 2.75. The van der Waals surface area contributed by atoms with Crippen molar-refractivity contribution < 1.29 is 14.7 Å². The van der Waals surface area contributed by atoms with Crippen molar-refractivity contribution in [3.8, 4) is 0 Å². The standard InChI is InChI=1S/C14H18BrNO3/c1-8-5-6-10(15)9(7-8)12(17)16-11(13(18)19)14(2,3)4/h5-7,11H,1-4H3,(H,16,17)(H,18,19)/t11-/m0/s1. The van der Waals surface area contributed by atoms with Gasteiger partial charge in [0.1, 0.15) is 6.04 Å². The normalized spacial score (nSPS) is 12.9. The second-order valence-electron chi connectivity index (χ2n) is 5.59. The smallest absolute Gasteiger partial charge is 0.326 e. The third-order valence-corrected chi connectivity index (χ3v) is 3.45. The number of aryl methyl sites for hydroxylation is 1. The van der Waals surface area contributed by atoms with Gasteiger partial charge in [0.05, 0.1) is 5.56 Å². The van der Waals surface area contributed by atoms with E-state index in [2.05, 4.69) is 21.2 Å². The second kappa shape index (κ2) is 5.74. The lowest BCUT2D eigenvalue weighted by Crippen LogP contribution is -2.49. The zero-order valence-corrected chi connectivity index (χ0v) is 13.0. The minimum Gasteiger partial charge on any atom is -0.480 e. The predicted octanol–water partition coefficient (Wildman–Crippen LogP) is 2.99. The Bertz CT molecular complexity index is 506. The molecule has 0 aliphatic heterocycles. The molecule has 4 nitrogen and oxygen atoms in total. The van der Waals surface area contributed by atoms with E-state index in [1.165, 1.54) is 0 Å². The number of amides is 1. The maximum atomic E-state index is 12.2. The van der Waals surface area contributed by atoms with Gasteiger partial charge in [0.15, 0.2) is 0 Å². The van der Waals surface area contributed by atoms with Crippen LogP contribution in [0, 0.1) is 12.3 Å². The minimum atomic E-state index is -1.04. The first kappa shape index (κ1) is 15.7. The summed E-state index contributed by atoms with van der Waals surface area (Å²) in [4.78, 5) is 23.4. The van der Waals surface area contributed by atoms with E-state index in [1.807, 2.05) is 13.0 Å². The first-order valence-corrected chi connectivity index (χ1v) is 6.72. The summed E-state index contributed by atoms with van der Waals surface area (Å²) in [5, 5.41) is 11.8. The Morgan fingerprint density at radius 3 is 2.37 bits per heavy atom. The van der Waals surface area contributed by atoms with Gasteiger partial charge in [-0.1, -0.05) is 32.4 Å². The van der Waals surface area contributed by atoms with Crippen LogP contribution < -0.4 is 5.32 Å². The maximum Gasteiger partial charge on any atom is 0.326 e. The van der Waals surface area contributed by atoms with Crippen LogP contribution in [-0.4, -0.2) is 23.0 Å². The molecule has 1 atom stereocenters. The first-order chi connectivity index (χ1) is 8.62. The third kappa shape index (κ3) is 4.06. The molecule has 1 rings (SSSR count). The predicted molar refractivity (Wildman–Crippen MR) is 77.2 cm³/mol. The average Bonchev–Trinajstić information content (AvgIpc) is 2.26. The van der Waals surface area contributed by atoms with Gasteiger partial charge < -0.3 is 10.4 Å². The van der Waals surface area contributed by atoms with Gasteiger partial charge in [-0.05, 0) is 40.4 Å². The summed E-state index contributed by atoms with van der Waals surface area (Å²) in [7, 11) is 0. The van der Waals surface area contributed by atoms with Crippen LogP contribution in [0.2, 0.25) is 0 Å². The molecule has 2 N–H and O–H groups in total. The zero-order chi connectivity index (χ0) is 14.8. The number of carboxylic acid groups (broad SMARTS) is 1. The Balaban J connectivity index is 3.01. The minimum absolute atomic E-state index is 0.391. The number of benzene rings is 1. The number of hydrogen-bond donors (Lipinski definition) is 2. The molecule has 1 aromatic rings. The lowest BCUT2D eigenvalue weighted by molar-refractivity contribution is -0.142. The molecule has 0 saturated heterocycles. The van der Waals surface area contributed by atoms with Gasteiger partial charge in [-0.3, -0.25) is 4.79 Å². The molecule has 1 aromatic carbocycles. The fourth-order valence-corrected chi connectivity index (χ4v) is 2.10. The van der Waals surface area contributed by atoms with E-state index < -0.39 is 23.3 Å². The molecule has 0 aliphatic carbocycles. The molecule has 0 aliphatic rings. The molecule has 1 amide bonds. The van der Waals surface area contributed by atoms with Crippen LogP contribution in [0.4, 0.5) is 0 Å². The first-order valence-electron chi connectivity index (χ1n) is 5.92. The van der Waals surface area contributed by atoms with Crippen LogP contribution in [0.25, 0.3) is 0 Å². The number of rotatable bonds is 3. The molecule has 0 aromatic heterocycles. The Labute approximate surface area is 121 Å². The van der Waals surface area contributed by atoms with Crippen LogP contribution in [0.1, 0.15) is 36.7 Å². The fraction of sp³-hybridized carbons (Fsp3) is 0.429. The van der Waals surface area contributed by atoms with E-state index in [4.69, 9.17) is 0 Å². The van der Waals surface area contributed by atoms with Gasteiger partial charge in [0, 0.05) is 4.47 Å². The number of nitrogens with one attached hydrogen (secondary N) is 1. The number of carboxylic acids is 1. The number of aliphatic carboxylic acids is 1. The quantitative estimate of drug-likeness (QED) is 0.896. The SMILES string of the molecule is Cc1ccc(Br)c(C(=O)N[C@@H](C(=O)O)C(C)(C)C)c1. The van der Waals surface area contributed by atoms with E-state index in [0.717, 1.165) is 5.56 Å². The van der Waals surface area contributed by atoms with E-state index in [1.54, 1.807) is 32.9 Å². The highest BCUT2D eigenvalue weighted by molar-refractivity contribution is 9.10. The maximum absolute atomic E-state index is 12.2. The van der Waals surface area contributed by atoms with E-state index in [0.29, 0.717) is 10.0 Å². The molecule has 0 heterocycles. The summed E-state index contributed by atoms with van der Waals surface area (Å²) in [5.74, 6) is -1.43. The Morgan fingerprint density at radius 1 is 1.32 bits per heavy atom. The van der Waals surface area contributed by atoms with Crippen LogP contribution in [0.5, 0.6) is 0 Å². The van der Waals surface area contributed by atoms with Gasteiger partial charge >= 0.3 is 5.97 Å². The fourth-order valence-electron chi connectivity index (χ4n) is 1.67. The molecule has 0 fully saturated rings. The topological polar surface area (TPSA) is 66.4 Å². The van der Waals surface area contributed by atoms with Crippen molar-refractivity contribution in [2.75, 3.05) is 0 Å². The highest BCUT2D eigenvalue weighted by atomic mass is 79.9. The number of carbonyl (C=O) groups is 2. The molecule has 0 unspecified atom stereocenters. The van der Waals surface area contributed by atoms with E-state index in [-0.39, 0.29) is 0 Å². The van der Waals surface area contributed by atoms with Crippen molar-refractivity contribution in [3.63, 3.8) is 0 Å². The average molecular weight is 328 g/mol. The van der Waals surface area contributed by atoms with Gasteiger partial charge in [-0.15, -0.1) is 0 Å². The van der Waals surface area contributed by atoms with Crippen molar-refractivity contribution in [2.24, 2.45) is 5.41 Å². The second-order valence-corrected chi connectivity index (χ2v) is 6.45. The Morgan fingerprint density at radius 2 is 1.89 bits per heavy atom. The summed E-state index contributed by atoms with van der Waals surface area (Å²) >= 11 is 3.30. The lowest BCUT2D eigenvalue weighted by Gasteiger charge is -2.27. The summed E-state index contributed by atoms with van der Waals surface area (Å²) in [6.07, 6.45) is 0. The Kier molecular flexibility index (Phi) is 4.74. The highest BCUT2D eigenvalue weighted by Crippen LogP contribution is 2.22. The summed E-state index contributed by atoms with van der Waals surface area (Å²) in [6, 6.07) is 4.43. The summed E-state index contributed by atoms with van der Waals surface area (Å²) in [5.41, 5.74) is 0.823. The molecular weight excluding hydrogens is 310 g/mol. The van der Waals surface area contributed by atoms with Crippen LogP contribution in [0.3, 0.4) is 0 Å². The van der Waals surface area contributed by atoms with Gasteiger partial charge in [-0.25, -0.2) is 4.79 Å². The monoisotopic (exact) mass is 327 g/mol. The van der Waals surface area contributed by atoms with Crippen molar-refractivity contribution in [3.05, 3.63) is 33.8 Å². The van der Waals surface area contributed by atoms with Gasteiger partial charge in [0.2, 0.25) is 0 Å². The van der Waals surface area contributed by atoms with Crippen molar-refractivity contribution in [1.29, 1.82) is 0 Å². The molecule has 104 valence electrons. The zero-order valence-electron chi connectivity index (χ0n) is 11.5. The number of carbonyl (C=O) groups excluding carboxylic acids is 1. The summed E-state index contributed by atoms with van der Waals surface area (Å²) in [6.45, 7) is 7.20. The van der Waals surface area contributed by atoms with Gasteiger partial charge in [-0.2, -0.15) is 0 Å². The molecule has 0 bridgehead atoms. The van der Waals surface area contributed by atoms with Gasteiger partial charge in [0.25, 0.3) is 5.91 Å². The van der Waals surface area contributed by atoms with Crippen molar-refractivity contribution in [1.82, 2.24) is 5.32 Å². The molecule has 5 heteroatoms. The molecular formula is C14H18BrNO3. The largest absolute Gasteiger partial charge is 0.480 e. The highest BCUT2D eigenvalue weighted by Gasteiger charge is 2.33. The van der Waals surface area contributed by atoms with E-state index in [9.17, 15) is 14.7 Å². The van der Waals surface area contributed by atoms with Crippen LogP contribution in [0.15, 0.2) is 22.7 Å². The van der Waals surface area contributed by atoms with Crippen molar-refractivity contribution in [2.45, 2.75) is 33.7 Å². The van der Waals surface area contributed by atoms with Crippen LogP contribution >= 0.6 is 15.9 Å². The molecule has 0 saturated carbocycles. The number of halogens is 1. The molecule has 0 spiro atoms. The molecule has 19 heavy (non-hydrogen) atoms. The van der Waals surface area contributed by atoms with Crippen molar-refractivity contribution >= 4 is 27.8 Å².